The minimum atomic E-state index is -0.196. The fraction of sp³-hybridized carbons (Fsp3) is 0.350. The molecule has 2 rings (SSSR count). The third-order valence-electron chi connectivity index (χ3n) is 4.14. The summed E-state index contributed by atoms with van der Waals surface area (Å²) in [4.78, 5) is 29.5. The van der Waals surface area contributed by atoms with Gasteiger partial charge in [-0.2, -0.15) is 0 Å². The van der Waals surface area contributed by atoms with Gasteiger partial charge in [-0.05, 0) is 42.7 Å². The molecule has 0 aliphatic heterocycles. The van der Waals surface area contributed by atoms with Gasteiger partial charge in [0.2, 0.25) is 5.91 Å². The zero-order chi connectivity index (χ0) is 19.5. The maximum Gasteiger partial charge on any atom is 0.315 e. The number of unbranched alkanes of at least 4 members (excludes halogenated alkanes) is 2. The number of carbonyl (C=O) groups is 2. The Morgan fingerprint density at radius 3 is 2.41 bits per heavy atom. The number of benzene rings is 1. The van der Waals surface area contributed by atoms with Crippen LogP contribution in [0.5, 0.6) is 0 Å². The summed E-state index contributed by atoms with van der Waals surface area (Å²) in [6.07, 6.45) is 6.34. The summed E-state index contributed by atoms with van der Waals surface area (Å²) < 4.78 is 0. The lowest BCUT2D eigenvalue weighted by atomic mass is 10.1. The zero-order valence-electron chi connectivity index (χ0n) is 15.5. The van der Waals surface area contributed by atoms with E-state index in [1.807, 2.05) is 24.3 Å². The molecular formula is C20H25ClN4O2. The van der Waals surface area contributed by atoms with E-state index in [4.69, 9.17) is 11.6 Å². The van der Waals surface area contributed by atoms with Crippen LogP contribution in [-0.2, 0) is 11.3 Å². The van der Waals surface area contributed by atoms with Gasteiger partial charge in [-0.1, -0.05) is 30.2 Å². The normalized spacial score (nSPS) is 10.3. The Hall–Kier alpha value is -2.60. The number of anilines is 1. The van der Waals surface area contributed by atoms with Crippen LogP contribution in [-0.4, -0.2) is 30.5 Å². The molecule has 6 nitrogen and oxygen atoms in total. The summed E-state index contributed by atoms with van der Waals surface area (Å²) in [6.45, 7) is 1.04. The Balaban J connectivity index is 1.53. The summed E-state index contributed by atoms with van der Waals surface area (Å²) in [6, 6.07) is 10.8. The highest BCUT2D eigenvalue weighted by Gasteiger charge is 2.10. The molecule has 3 amide bonds. The Labute approximate surface area is 164 Å². The largest absolute Gasteiger partial charge is 0.338 e. The van der Waals surface area contributed by atoms with Gasteiger partial charge in [0.1, 0.15) is 0 Å². The van der Waals surface area contributed by atoms with Crippen LogP contribution in [0.3, 0.4) is 0 Å². The zero-order valence-corrected chi connectivity index (χ0v) is 16.2. The van der Waals surface area contributed by atoms with Crippen LogP contribution in [0.15, 0.2) is 48.8 Å². The third-order valence-corrected chi connectivity index (χ3v) is 4.40. The molecule has 0 saturated heterocycles. The maximum absolute atomic E-state index is 12.1. The first kappa shape index (κ1) is 20.7. The number of nitrogens with zero attached hydrogens (tertiary/aromatic N) is 2. The number of pyridine rings is 1. The van der Waals surface area contributed by atoms with Crippen LogP contribution in [0.2, 0.25) is 5.02 Å². The molecule has 0 unspecified atom stereocenters. The number of amides is 3. The standard InChI is InChI=1S/C20H25ClN4O2/c1-25(18-10-13-22-14-11-18)19(26)5-3-2-4-12-23-20(27)24-15-16-6-8-17(21)9-7-16/h6-11,13-14H,2-5,12,15H2,1H3,(H2,23,24,27). The first-order valence-electron chi connectivity index (χ1n) is 8.99. The van der Waals surface area contributed by atoms with Crippen molar-refractivity contribution < 1.29 is 9.59 Å². The van der Waals surface area contributed by atoms with Crippen molar-refractivity contribution in [3.05, 3.63) is 59.4 Å². The second-order valence-electron chi connectivity index (χ2n) is 6.20. The summed E-state index contributed by atoms with van der Waals surface area (Å²) in [5, 5.41) is 6.30. The minimum absolute atomic E-state index is 0.0786. The van der Waals surface area contributed by atoms with Crippen LogP contribution < -0.4 is 15.5 Å². The van der Waals surface area contributed by atoms with Crippen molar-refractivity contribution in [1.82, 2.24) is 15.6 Å². The van der Waals surface area contributed by atoms with E-state index in [0.29, 0.717) is 24.5 Å². The van der Waals surface area contributed by atoms with Crippen LogP contribution >= 0.6 is 11.6 Å². The van der Waals surface area contributed by atoms with Gasteiger partial charge in [0, 0.05) is 49.7 Å². The van der Waals surface area contributed by atoms with E-state index >= 15 is 0 Å². The number of hydrogen-bond acceptors (Lipinski definition) is 3. The third kappa shape index (κ3) is 7.66. The molecule has 1 heterocycles. The Bertz CT molecular complexity index is 723. The van der Waals surface area contributed by atoms with Crippen molar-refractivity contribution in [3.63, 3.8) is 0 Å². The smallest absolute Gasteiger partial charge is 0.315 e. The lowest BCUT2D eigenvalue weighted by Gasteiger charge is -2.16. The van der Waals surface area contributed by atoms with Crippen molar-refractivity contribution in [2.45, 2.75) is 32.2 Å². The topological polar surface area (TPSA) is 74.3 Å². The van der Waals surface area contributed by atoms with Crippen molar-refractivity contribution in [2.24, 2.45) is 0 Å². The van der Waals surface area contributed by atoms with Crippen molar-refractivity contribution >= 4 is 29.2 Å². The van der Waals surface area contributed by atoms with Gasteiger partial charge >= 0.3 is 6.03 Å². The van der Waals surface area contributed by atoms with E-state index in [1.54, 1.807) is 36.5 Å². The molecule has 1 aromatic carbocycles. The van der Waals surface area contributed by atoms with Crippen molar-refractivity contribution in [3.8, 4) is 0 Å². The van der Waals surface area contributed by atoms with Crippen molar-refractivity contribution in [1.29, 1.82) is 0 Å². The Kier molecular flexibility index (Phi) is 8.58. The lowest BCUT2D eigenvalue weighted by Crippen LogP contribution is -2.35. The first-order valence-corrected chi connectivity index (χ1v) is 9.37. The van der Waals surface area contributed by atoms with Gasteiger partial charge in [-0.3, -0.25) is 9.78 Å². The molecule has 27 heavy (non-hydrogen) atoms. The molecule has 1 aromatic heterocycles. The first-order chi connectivity index (χ1) is 13.1. The number of hydrogen-bond donors (Lipinski definition) is 2. The fourth-order valence-corrected chi connectivity index (χ4v) is 2.63. The van der Waals surface area contributed by atoms with Gasteiger partial charge in [-0.25, -0.2) is 4.79 Å². The highest BCUT2D eigenvalue weighted by molar-refractivity contribution is 6.30. The van der Waals surface area contributed by atoms with Gasteiger partial charge in [-0.15, -0.1) is 0 Å². The molecule has 0 bridgehead atoms. The molecule has 0 saturated carbocycles. The van der Waals surface area contributed by atoms with Gasteiger partial charge < -0.3 is 15.5 Å². The Morgan fingerprint density at radius 2 is 1.70 bits per heavy atom. The highest BCUT2D eigenvalue weighted by Crippen LogP contribution is 2.12. The number of urea groups is 1. The molecule has 0 aliphatic carbocycles. The van der Waals surface area contributed by atoms with E-state index < -0.39 is 0 Å². The molecule has 0 fully saturated rings. The average Bonchev–Trinajstić information content (AvgIpc) is 2.70. The minimum Gasteiger partial charge on any atom is -0.338 e. The van der Waals surface area contributed by atoms with Gasteiger partial charge in [0.05, 0.1) is 0 Å². The van der Waals surface area contributed by atoms with Crippen LogP contribution in [0.4, 0.5) is 10.5 Å². The lowest BCUT2D eigenvalue weighted by molar-refractivity contribution is -0.118. The number of halogens is 1. The summed E-state index contributed by atoms with van der Waals surface area (Å²) in [5.74, 6) is 0.0786. The number of nitrogens with one attached hydrogen (secondary N) is 2. The molecule has 0 aliphatic rings. The fourth-order valence-electron chi connectivity index (χ4n) is 2.51. The summed E-state index contributed by atoms with van der Waals surface area (Å²) in [5.41, 5.74) is 1.83. The van der Waals surface area contributed by atoms with E-state index in [9.17, 15) is 9.59 Å². The monoisotopic (exact) mass is 388 g/mol. The van der Waals surface area contributed by atoms with Crippen LogP contribution in [0, 0.1) is 0 Å². The Morgan fingerprint density at radius 1 is 1.00 bits per heavy atom. The maximum atomic E-state index is 12.1. The molecule has 0 atom stereocenters. The average molecular weight is 389 g/mol. The molecule has 0 radical (unpaired) electrons. The van der Waals surface area contributed by atoms with Crippen LogP contribution in [0.1, 0.15) is 31.2 Å². The molecule has 144 valence electrons. The van der Waals surface area contributed by atoms with Gasteiger partial charge in [0.25, 0.3) is 0 Å². The molecule has 2 N–H and O–H groups in total. The quantitative estimate of drug-likeness (QED) is 0.642. The predicted octanol–water partition coefficient (Wildman–Crippen LogP) is 3.76. The number of rotatable bonds is 9. The van der Waals surface area contributed by atoms with Crippen LogP contribution in [0.25, 0.3) is 0 Å². The summed E-state index contributed by atoms with van der Waals surface area (Å²) in [7, 11) is 1.77. The predicted molar refractivity (Wildman–Crippen MR) is 108 cm³/mol. The van der Waals surface area contributed by atoms with E-state index in [2.05, 4.69) is 15.6 Å². The number of aromatic nitrogens is 1. The SMILES string of the molecule is CN(C(=O)CCCCCNC(=O)NCc1ccc(Cl)cc1)c1ccncc1. The highest BCUT2D eigenvalue weighted by atomic mass is 35.5. The molecule has 0 spiro atoms. The van der Waals surface area contributed by atoms with E-state index in [-0.39, 0.29) is 11.9 Å². The summed E-state index contributed by atoms with van der Waals surface area (Å²) >= 11 is 5.83. The molecule has 2 aromatic rings. The van der Waals surface area contributed by atoms with E-state index in [1.165, 1.54) is 0 Å². The molecule has 7 heteroatoms. The molecular weight excluding hydrogens is 364 g/mol. The van der Waals surface area contributed by atoms with Gasteiger partial charge in [0.15, 0.2) is 0 Å². The second kappa shape index (κ2) is 11.2. The number of carbonyl (C=O) groups excluding carboxylic acids is 2. The second-order valence-corrected chi connectivity index (χ2v) is 6.64. The van der Waals surface area contributed by atoms with E-state index in [0.717, 1.165) is 30.5 Å². The van der Waals surface area contributed by atoms with Crippen molar-refractivity contribution in [2.75, 3.05) is 18.5 Å².